The normalized spacial score (nSPS) is 9.56. The number of rotatable bonds is 2. The Morgan fingerprint density at radius 2 is 1.88 bits per heavy atom. The smallest absolute Gasteiger partial charge is 1.00 e. The van der Waals surface area contributed by atoms with Gasteiger partial charge in [-0.05, 0) is 16.3 Å². The van der Waals surface area contributed by atoms with Gasteiger partial charge in [-0.2, -0.15) is 0 Å². The zero-order valence-electron chi connectivity index (χ0n) is 10.6. The van der Waals surface area contributed by atoms with Gasteiger partial charge in [-0.1, -0.05) is 42.5 Å². The molecule has 0 unspecified atom stereocenters. The van der Waals surface area contributed by atoms with E-state index < -0.39 is 0 Å². The first-order valence-electron chi connectivity index (χ1n) is 4.84. The van der Waals surface area contributed by atoms with E-state index >= 15 is 0 Å². The van der Waals surface area contributed by atoms with Crippen molar-refractivity contribution < 1.29 is 40.5 Å². The first kappa shape index (κ1) is 13.2. The summed E-state index contributed by atoms with van der Waals surface area (Å²) in [6.07, 6.45) is 0.331. The molecular weight excluding hydrogens is 211 g/mol. The van der Waals surface area contributed by atoms with Crippen LogP contribution in [0.2, 0.25) is 0 Å². The third-order valence-electron chi connectivity index (χ3n) is 2.44. The van der Waals surface area contributed by atoms with Gasteiger partial charge in [0.15, 0.2) is 0 Å². The summed E-state index contributed by atoms with van der Waals surface area (Å²) in [7, 11) is 1.41. The van der Waals surface area contributed by atoms with E-state index in [0.29, 0.717) is 6.42 Å². The van der Waals surface area contributed by atoms with Crippen LogP contribution in [0.5, 0.6) is 0 Å². The van der Waals surface area contributed by atoms with Gasteiger partial charge in [-0.3, -0.25) is 4.79 Å². The molecule has 16 heavy (non-hydrogen) atoms. The number of benzene rings is 2. The monoisotopic (exact) mass is 224 g/mol. The minimum Gasteiger partial charge on any atom is -1.00 e. The molecule has 0 aromatic heterocycles. The quantitative estimate of drug-likeness (QED) is 0.516. The standard InChI is InChI=1S/C13H12O2.Na.H/c1-15-13(14)9-11-7-4-6-10-5-2-3-8-12(10)11;;/h2-8H,9H2,1H3;;/q;+1;-1. The Labute approximate surface area is 118 Å². The van der Waals surface area contributed by atoms with Gasteiger partial charge < -0.3 is 6.16 Å². The van der Waals surface area contributed by atoms with E-state index in [1.165, 1.54) is 7.11 Å². The molecule has 0 saturated heterocycles. The van der Waals surface area contributed by atoms with E-state index in [9.17, 15) is 4.79 Å². The van der Waals surface area contributed by atoms with Crippen molar-refractivity contribution in [2.45, 2.75) is 6.42 Å². The summed E-state index contributed by atoms with van der Waals surface area (Å²) in [6.45, 7) is 0. The third-order valence-corrected chi connectivity index (χ3v) is 2.44. The summed E-state index contributed by atoms with van der Waals surface area (Å²) in [5.41, 5.74) is 1.01. The molecule has 0 aliphatic carbocycles. The predicted molar refractivity (Wildman–Crippen MR) is 60.8 cm³/mol. The molecule has 0 aliphatic rings. The van der Waals surface area contributed by atoms with E-state index in [-0.39, 0.29) is 37.0 Å². The van der Waals surface area contributed by atoms with Gasteiger partial charge in [-0.15, -0.1) is 0 Å². The molecule has 0 saturated carbocycles. The first-order chi connectivity index (χ1) is 7.31. The number of ether oxygens (including phenoxy) is 1. The van der Waals surface area contributed by atoms with Crippen LogP contribution in [-0.4, -0.2) is 13.1 Å². The predicted octanol–water partition coefficient (Wildman–Crippen LogP) is -0.328. The molecule has 3 heteroatoms. The van der Waals surface area contributed by atoms with Crippen molar-refractivity contribution in [3.8, 4) is 0 Å². The van der Waals surface area contributed by atoms with E-state index in [1.54, 1.807) is 0 Å². The SMILES string of the molecule is COC(=O)Cc1cccc2ccccc12.[H-].[Na+]. The van der Waals surface area contributed by atoms with Crippen molar-refractivity contribution in [1.29, 1.82) is 0 Å². The van der Waals surface area contributed by atoms with Gasteiger partial charge in [-0.25, -0.2) is 0 Å². The maximum atomic E-state index is 11.2. The Bertz CT molecular complexity index is 494. The van der Waals surface area contributed by atoms with Crippen LogP contribution in [0, 0.1) is 0 Å². The summed E-state index contributed by atoms with van der Waals surface area (Å²) in [5, 5.41) is 2.27. The number of carbonyl (C=O) groups excluding carboxylic acids is 1. The van der Waals surface area contributed by atoms with Crippen molar-refractivity contribution in [3.63, 3.8) is 0 Å². The second-order valence-electron chi connectivity index (χ2n) is 3.39. The number of hydrogen-bond donors (Lipinski definition) is 0. The molecule has 0 radical (unpaired) electrons. The Morgan fingerprint density at radius 1 is 1.19 bits per heavy atom. The fourth-order valence-corrected chi connectivity index (χ4v) is 1.67. The Balaban J connectivity index is 0.00000128. The average Bonchev–Trinajstić information content (AvgIpc) is 2.29. The van der Waals surface area contributed by atoms with Gasteiger partial charge in [0.1, 0.15) is 0 Å². The molecule has 2 aromatic carbocycles. The topological polar surface area (TPSA) is 26.3 Å². The molecule has 2 rings (SSSR count). The minimum absolute atomic E-state index is 0. The number of hydrogen-bond acceptors (Lipinski definition) is 2. The molecule has 78 valence electrons. The van der Waals surface area contributed by atoms with Crippen molar-refractivity contribution in [2.75, 3.05) is 7.11 Å². The van der Waals surface area contributed by atoms with Crippen molar-refractivity contribution in [1.82, 2.24) is 0 Å². The van der Waals surface area contributed by atoms with Crippen LogP contribution in [0.15, 0.2) is 42.5 Å². The van der Waals surface area contributed by atoms with Crippen LogP contribution in [0.3, 0.4) is 0 Å². The minimum atomic E-state index is -0.202. The van der Waals surface area contributed by atoms with Gasteiger partial charge in [0, 0.05) is 0 Å². The Morgan fingerprint density at radius 3 is 2.62 bits per heavy atom. The fraction of sp³-hybridized carbons (Fsp3) is 0.154. The molecule has 0 amide bonds. The van der Waals surface area contributed by atoms with Crippen LogP contribution in [-0.2, 0) is 16.0 Å². The second-order valence-corrected chi connectivity index (χ2v) is 3.39. The third kappa shape index (κ3) is 2.85. The zero-order chi connectivity index (χ0) is 10.7. The van der Waals surface area contributed by atoms with Gasteiger partial charge in [0.25, 0.3) is 0 Å². The van der Waals surface area contributed by atoms with E-state index in [2.05, 4.69) is 4.74 Å². The number of esters is 1. The molecule has 0 fully saturated rings. The van der Waals surface area contributed by atoms with Gasteiger partial charge in [0.05, 0.1) is 13.5 Å². The molecule has 0 N–H and O–H groups in total. The summed E-state index contributed by atoms with van der Waals surface area (Å²) in [4.78, 5) is 11.2. The molecule has 2 nitrogen and oxygen atoms in total. The van der Waals surface area contributed by atoms with Crippen LogP contribution < -0.4 is 29.6 Å². The maximum absolute atomic E-state index is 11.2. The molecule has 0 aliphatic heterocycles. The zero-order valence-corrected chi connectivity index (χ0v) is 11.6. The first-order valence-corrected chi connectivity index (χ1v) is 4.84. The molecule has 0 bridgehead atoms. The molecular formula is C13H13NaO2. The van der Waals surface area contributed by atoms with Crippen molar-refractivity contribution >= 4 is 16.7 Å². The van der Waals surface area contributed by atoms with E-state index in [4.69, 9.17) is 0 Å². The molecule has 2 aromatic rings. The number of carbonyl (C=O) groups is 1. The molecule has 0 heterocycles. The van der Waals surface area contributed by atoms with Gasteiger partial charge in [0.2, 0.25) is 0 Å². The van der Waals surface area contributed by atoms with Crippen LogP contribution in [0.1, 0.15) is 6.99 Å². The van der Waals surface area contributed by atoms with Crippen LogP contribution in [0.4, 0.5) is 0 Å². The van der Waals surface area contributed by atoms with Crippen molar-refractivity contribution in [2.24, 2.45) is 0 Å². The maximum Gasteiger partial charge on any atom is 1.00 e. The van der Waals surface area contributed by atoms with Crippen LogP contribution in [0.25, 0.3) is 10.8 Å². The van der Waals surface area contributed by atoms with Crippen LogP contribution >= 0.6 is 0 Å². The summed E-state index contributed by atoms with van der Waals surface area (Å²) in [6, 6.07) is 14.0. The molecule has 0 spiro atoms. The number of fused-ring (bicyclic) bond motifs is 1. The Hall–Kier alpha value is -0.830. The summed E-state index contributed by atoms with van der Waals surface area (Å²) < 4.78 is 4.66. The Kier molecular flexibility index (Phi) is 5.00. The largest absolute Gasteiger partial charge is 1.00 e. The number of methoxy groups -OCH3 is 1. The fourth-order valence-electron chi connectivity index (χ4n) is 1.67. The average molecular weight is 224 g/mol. The molecule has 0 atom stereocenters. The summed E-state index contributed by atoms with van der Waals surface area (Å²) in [5.74, 6) is -0.202. The van der Waals surface area contributed by atoms with Crippen molar-refractivity contribution in [3.05, 3.63) is 48.0 Å². The second kappa shape index (κ2) is 6.04. The van der Waals surface area contributed by atoms with E-state index in [0.717, 1.165) is 16.3 Å². The van der Waals surface area contributed by atoms with E-state index in [1.807, 2.05) is 42.5 Å². The summed E-state index contributed by atoms with van der Waals surface area (Å²) >= 11 is 0. The van der Waals surface area contributed by atoms with Gasteiger partial charge >= 0.3 is 35.5 Å².